The van der Waals surface area contributed by atoms with Gasteiger partial charge >= 0.3 is 0 Å². The molecule has 16 heavy (non-hydrogen) atoms. The molecule has 1 atom stereocenters. The first-order valence-corrected chi connectivity index (χ1v) is 6.78. The fraction of sp³-hybridized carbons (Fsp3) is 0.750. The van der Waals surface area contributed by atoms with Crippen molar-refractivity contribution in [1.29, 1.82) is 0 Å². The molecule has 0 radical (unpaired) electrons. The molecule has 1 saturated heterocycles. The van der Waals surface area contributed by atoms with Crippen LogP contribution in [0.5, 0.6) is 0 Å². The van der Waals surface area contributed by atoms with Crippen LogP contribution in [0.4, 0.5) is 0 Å². The van der Waals surface area contributed by atoms with Crippen molar-refractivity contribution in [3.8, 4) is 0 Å². The van der Waals surface area contributed by atoms with Gasteiger partial charge in [0.2, 0.25) is 0 Å². The van der Waals surface area contributed by atoms with Crippen LogP contribution in [0.15, 0.2) is 0 Å². The Bertz CT molecular complexity index is 312. The third-order valence-corrected chi connectivity index (χ3v) is 4.18. The molecule has 0 bridgehead atoms. The first-order valence-electron chi connectivity index (χ1n) is 5.97. The average Bonchev–Trinajstić information content (AvgIpc) is 2.85. The number of hydrogen-bond acceptors (Lipinski definition) is 4. The summed E-state index contributed by atoms with van der Waals surface area (Å²) in [4.78, 5) is 5.76. The normalized spacial score (nSPS) is 20.5. The van der Waals surface area contributed by atoms with Crippen molar-refractivity contribution in [2.24, 2.45) is 5.92 Å². The summed E-state index contributed by atoms with van der Waals surface area (Å²) in [6.45, 7) is 8.05. The maximum absolute atomic E-state index is 5.67. The highest BCUT2D eigenvalue weighted by molar-refractivity contribution is 7.11. The van der Waals surface area contributed by atoms with Crippen molar-refractivity contribution in [1.82, 2.24) is 10.3 Å². The van der Waals surface area contributed by atoms with Gasteiger partial charge in [0.05, 0.1) is 12.3 Å². The second-order valence-corrected chi connectivity index (χ2v) is 5.74. The quantitative estimate of drug-likeness (QED) is 0.802. The van der Waals surface area contributed by atoms with Crippen LogP contribution in [-0.2, 0) is 11.3 Å². The lowest BCUT2D eigenvalue weighted by atomic mass is 10.1. The molecule has 0 spiro atoms. The van der Waals surface area contributed by atoms with E-state index < -0.39 is 0 Å². The maximum Gasteiger partial charge on any atom is 0.119 e. The molecule has 1 aliphatic rings. The van der Waals surface area contributed by atoms with E-state index in [1.54, 1.807) is 11.3 Å². The van der Waals surface area contributed by atoms with E-state index >= 15 is 0 Å². The summed E-state index contributed by atoms with van der Waals surface area (Å²) in [5, 5.41) is 4.49. The van der Waals surface area contributed by atoms with Crippen LogP contribution in [0.2, 0.25) is 0 Å². The lowest BCUT2D eigenvalue weighted by Crippen LogP contribution is -2.10. The molecule has 1 aromatic heterocycles. The molecule has 3 nitrogen and oxygen atoms in total. The number of thiazole rings is 1. The van der Waals surface area contributed by atoms with Gasteiger partial charge in [-0.2, -0.15) is 0 Å². The first kappa shape index (κ1) is 12.0. The van der Waals surface area contributed by atoms with E-state index in [4.69, 9.17) is 4.74 Å². The highest BCUT2D eigenvalue weighted by Gasteiger charge is 2.13. The molecule has 0 aliphatic carbocycles. The zero-order valence-corrected chi connectivity index (χ0v) is 10.9. The number of hydrogen-bond donors (Lipinski definition) is 1. The Morgan fingerprint density at radius 3 is 3.00 bits per heavy atom. The zero-order valence-electron chi connectivity index (χ0n) is 10.1. The third kappa shape index (κ3) is 3.27. The van der Waals surface area contributed by atoms with Gasteiger partial charge in [0, 0.05) is 11.5 Å². The second kappa shape index (κ2) is 5.75. The minimum atomic E-state index is 0.680. The first-order chi connectivity index (χ1) is 7.75. The van der Waals surface area contributed by atoms with Crippen molar-refractivity contribution in [3.05, 3.63) is 15.6 Å². The highest BCUT2D eigenvalue weighted by atomic mass is 32.1. The molecule has 2 heterocycles. The molecular weight excluding hydrogens is 220 g/mol. The summed E-state index contributed by atoms with van der Waals surface area (Å²) < 4.78 is 5.67. The Morgan fingerprint density at radius 2 is 2.38 bits per heavy atom. The summed E-state index contributed by atoms with van der Waals surface area (Å²) in [5.74, 6) is 0.819. The van der Waals surface area contributed by atoms with Crippen molar-refractivity contribution in [2.45, 2.75) is 33.3 Å². The van der Waals surface area contributed by atoms with Crippen LogP contribution < -0.4 is 5.32 Å². The Labute approximate surface area is 101 Å². The smallest absolute Gasteiger partial charge is 0.119 e. The Kier molecular flexibility index (Phi) is 4.32. The van der Waals surface area contributed by atoms with E-state index in [1.165, 1.54) is 30.8 Å². The predicted molar refractivity (Wildman–Crippen MR) is 66.8 cm³/mol. The molecular formula is C12H20N2OS. The molecule has 1 aliphatic heterocycles. The number of rotatable bonds is 5. The van der Waals surface area contributed by atoms with Gasteiger partial charge in [-0.05, 0) is 45.7 Å². The highest BCUT2D eigenvalue weighted by Crippen LogP contribution is 2.18. The van der Waals surface area contributed by atoms with E-state index in [1.807, 2.05) is 0 Å². The Morgan fingerprint density at radius 1 is 1.50 bits per heavy atom. The number of nitrogens with one attached hydrogen (secondary N) is 1. The molecule has 4 heteroatoms. The fourth-order valence-corrected chi connectivity index (χ4v) is 2.84. The average molecular weight is 240 g/mol. The van der Waals surface area contributed by atoms with Gasteiger partial charge in [-0.15, -0.1) is 11.3 Å². The Hall–Kier alpha value is -0.450. The number of aryl methyl sites for hydroxylation is 2. The van der Waals surface area contributed by atoms with Crippen molar-refractivity contribution >= 4 is 11.3 Å². The van der Waals surface area contributed by atoms with Gasteiger partial charge < -0.3 is 10.1 Å². The molecule has 0 amide bonds. The summed E-state index contributed by atoms with van der Waals surface area (Å²) in [5.41, 5.74) is 1.14. The molecule has 2 rings (SSSR count). The zero-order chi connectivity index (χ0) is 11.4. The maximum atomic E-state index is 5.67. The molecule has 1 N–H and O–H groups in total. The molecule has 0 saturated carbocycles. The van der Waals surface area contributed by atoms with Gasteiger partial charge in [0.15, 0.2) is 0 Å². The third-order valence-electron chi connectivity index (χ3n) is 3.13. The molecule has 1 aromatic rings. The van der Waals surface area contributed by atoms with Crippen LogP contribution in [0.1, 0.15) is 28.4 Å². The van der Waals surface area contributed by atoms with Crippen LogP contribution in [0, 0.1) is 19.8 Å². The molecule has 0 aromatic carbocycles. The minimum Gasteiger partial charge on any atom is -0.374 e. The van der Waals surface area contributed by atoms with Gasteiger partial charge in [-0.25, -0.2) is 4.98 Å². The topological polar surface area (TPSA) is 34.1 Å². The van der Waals surface area contributed by atoms with Gasteiger partial charge in [-0.1, -0.05) is 0 Å². The van der Waals surface area contributed by atoms with E-state index in [-0.39, 0.29) is 0 Å². The predicted octanol–water partition coefficient (Wildman–Crippen LogP) is 2.28. The van der Waals surface area contributed by atoms with Crippen molar-refractivity contribution in [3.63, 3.8) is 0 Å². The molecule has 1 fully saturated rings. The molecule has 1 unspecified atom stereocenters. The van der Waals surface area contributed by atoms with Gasteiger partial charge in [0.25, 0.3) is 0 Å². The van der Waals surface area contributed by atoms with Gasteiger partial charge in [0.1, 0.15) is 5.01 Å². The lowest BCUT2D eigenvalue weighted by Gasteiger charge is -2.07. The SMILES string of the molecule is Cc1nc(COCCC2CCNC2)sc1C. The number of nitrogens with zero attached hydrogens (tertiary/aromatic N) is 1. The van der Waals surface area contributed by atoms with Crippen LogP contribution in [0.25, 0.3) is 0 Å². The van der Waals surface area contributed by atoms with E-state index in [0.717, 1.165) is 23.2 Å². The largest absolute Gasteiger partial charge is 0.374 e. The lowest BCUT2D eigenvalue weighted by molar-refractivity contribution is 0.109. The van der Waals surface area contributed by atoms with Crippen molar-refractivity contribution in [2.75, 3.05) is 19.7 Å². The van der Waals surface area contributed by atoms with E-state index in [0.29, 0.717) is 6.61 Å². The van der Waals surface area contributed by atoms with Crippen LogP contribution in [-0.4, -0.2) is 24.7 Å². The second-order valence-electron chi connectivity index (χ2n) is 4.45. The Balaban J connectivity index is 1.64. The van der Waals surface area contributed by atoms with Crippen LogP contribution >= 0.6 is 11.3 Å². The number of ether oxygens (including phenoxy) is 1. The summed E-state index contributed by atoms with van der Waals surface area (Å²) in [6, 6.07) is 0. The van der Waals surface area contributed by atoms with Crippen molar-refractivity contribution < 1.29 is 4.74 Å². The van der Waals surface area contributed by atoms with E-state index in [2.05, 4.69) is 24.1 Å². The fourth-order valence-electron chi connectivity index (χ4n) is 1.97. The summed E-state index contributed by atoms with van der Waals surface area (Å²) in [6.07, 6.45) is 2.48. The van der Waals surface area contributed by atoms with Gasteiger partial charge in [-0.3, -0.25) is 0 Å². The standard InChI is InChI=1S/C12H20N2OS/c1-9-10(2)16-12(14-9)8-15-6-4-11-3-5-13-7-11/h11,13H,3-8H2,1-2H3. The summed E-state index contributed by atoms with van der Waals surface area (Å²) in [7, 11) is 0. The van der Waals surface area contributed by atoms with E-state index in [9.17, 15) is 0 Å². The summed E-state index contributed by atoms with van der Waals surface area (Å²) >= 11 is 1.75. The van der Waals surface area contributed by atoms with Crippen LogP contribution in [0.3, 0.4) is 0 Å². The number of aromatic nitrogens is 1. The molecule has 90 valence electrons. The minimum absolute atomic E-state index is 0.680. The monoisotopic (exact) mass is 240 g/mol.